The zero-order valence-corrected chi connectivity index (χ0v) is 7.98. The van der Waals surface area contributed by atoms with E-state index in [1.165, 1.54) is 0 Å². The van der Waals surface area contributed by atoms with Crippen LogP contribution in [0, 0.1) is 6.92 Å². The van der Waals surface area contributed by atoms with Gasteiger partial charge in [-0.1, -0.05) is 0 Å². The molecule has 0 aromatic carbocycles. The number of nitrogens with zero attached hydrogens (tertiary/aromatic N) is 2. The number of nitrogens with one attached hydrogen (secondary N) is 1. The van der Waals surface area contributed by atoms with Gasteiger partial charge in [0.15, 0.2) is 5.96 Å². The SMILES string of the molecule is CN=C(N)NCc1nc(C)cs1. The molecule has 0 spiro atoms. The van der Waals surface area contributed by atoms with Crippen LogP contribution in [-0.4, -0.2) is 18.0 Å². The van der Waals surface area contributed by atoms with Crippen LogP contribution in [0.25, 0.3) is 0 Å². The zero-order chi connectivity index (χ0) is 8.97. The summed E-state index contributed by atoms with van der Waals surface area (Å²) in [5, 5.41) is 5.97. The summed E-state index contributed by atoms with van der Waals surface area (Å²) in [6.07, 6.45) is 0. The number of aliphatic imine (C=N–C) groups is 1. The van der Waals surface area contributed by atoms with E-state index in [9.17, 15) is 0 Å². The quantitative estimate of drug-likeness (QED) is 0.519. The van der Waals surface area contributed by atoms with Crippen LogP contribution in [0.1, 0.15) is 10.7 Å². The molecule has 0 aliphatic rings. The largest absolute Gasteiger partial charge is 0.370 e. The average Bonchev–Trinajstić information content (AvgIpc) is 2.47. The lowest BCUT2D eigenvalue weighted by molar-refractivity contribution is 0.883. The second-order valence-corrected chi connectivity index (χ2v) is 3.29. The van der Waals surface area contributed by atoms with Crippen molar-refractivity contribution in [3.63, 3.8) is 0 Å². The van der Waals surface area contributed by atoms with Crippen LogP contribution in [0.2, 0.25) is 0 Å². The Kier molecular flexibility index (Phi) is 3.04. The molecule has 0 atom stereocenters. The number of aromatic nitrogens is 1. The standard InChI is InChI=1S/C7H12N4S/c1-5-4-12-6(11-5)3-10-7(8)9-2/h4H,3H2,1-2H3,(H3,8,9,10). The predicted molar refractivity (Wildman–Crippen MR) is 51.2 cm³/mol. The van der Waals surface area contributed by atoms with Crippen LogP contribution < -0.4 is 11.1 Å². The van der Waals surface area contributed by atoms with Crippen molar-refractivity contribution in [1.29, 1.82) is 0 Å². The van der Waals surface area contributed by atoms with Crippen molar-refractivity contribution < 1.29 is 0 Å². The maximum atomic E-state index is 5.44. The first kappa shape index (κ1) is 8.99. The summed E-state index contributed by atoms with van der Waals surface area (Å²) >= 11 is 1.62. The minimum atomic E-state index is 0.447. The van der Waals surface area contributed by atoms with Crippen LogP contribution in [0.5, 0.6) is 0 Å². The minimum Gasteiger partial charge on any atom is -0.370 e. The molecule has 0 aliphatic heterocycles. The van der Waals surface area contributed by atoms with Gasteiger partial charge in [-0.3, -0.25) is 4.99 Å². The Morgan fingerprint density at radius 2 is 2.58 bits per heavy atom. The lowest BCUT2D eigenvalue weighted by Crippen LogP contribution is -2.30. The summed E-state index contributed by atoms with van der Waals surface area (Å²) in [6, 6.07) is 0. The van der Waals surface area contributed by atoms with Gasteiger partial charge >= 0.3 is 0 Å². The van der Waals surface area contributed by atoms with Crippen molar-refractivity contribution in [3.8, 4) is 0 Å². The molecule has 12 heavy (non-hydrogen) atoms. The summed E-state index contributed by atoms with van der Waals surface area (Å²) < 4.78 is 0. The highest BCUT2D eigenvalue weighted by Crippen LogP contribution is 2.07. The van der Waals surface area contributed by atoms with E-state index in [4.69, 9.17) is 5.73 Å². The molecule has 1 aromatic heterocycles. The zero-order valence-electron chi connectivity index (χ0n) is 7.16. The maximum absolute atomic E-state index is 5.44. The number of thiazole rings is 1. The molecule has 1 rings (SSSR count). The third-order valence-corrected chi connectivity index (χ3v) is 2.29. The van der Waals surface area contributed by atoms with E-state index in [1.807, 2.05) is 12.3 Å². The third kappa shape index (κ3) is 2.50. The molecule has 0 unspecified atom stereocenters. The van der Waals surface area contributed by atoms with Gasteiger partial charge in [-0.05, 0) is 6.92 Å². The van der Waals surface area contributed by atoms with E-state index in [0.717, 1.165) is 10.7 Å². The monoisotopic (exact) mass is 184 g/mol. The van der Waals surface area contributed by atoms with Crippen molar-refractivity contribution in [3.05, 3.63) is 16.1 Å². The van der Waals surface area contributed by atoms with Gasteiger partial charge in [0.1, 0.15) is 5.01 Å². The summed E-state index contributed by atoms with van der Waals surface area (Å²) in [5.41, 5.74) is 6.49. The highest BCUT2D eigenvalue weighted by molar-refractivity contribution is 7.09. The lowest BCUT2D eigenvalue weighted by Gasteiger charge is -2.00. The van der Waals surface area contributed by atoms with Crippen molar-refractivity contribution in [2.75, 3.05) is 7.05 Å². The first-order chi connectivity index (χ1) is 5.72. The van der Waals surface area contributed by atoms with Gasteiger partial charge in [0, 0.05) is 18.1 Å². The molecule has 3 N–H and O–H groups in total. The number of hydrogen-bond acceptors (Lipinski definition) is 3. The molecule has 0 fully saturated rings. The van der Waals surface area contributed by atoms with Crippen LogP contribution >= 0.6 is 11.3 Å². The molecule has 0 saturated carbocycles. The summed E-state index contributed by atoms with van der Waals surface area (Å²) in [4.78, 5) is 8.03. The van der Waals surface area contributed by atoms with Gasteiger partial charge in [0.25, 0.3) is 0 Å². The fourth-order valence-corrected chi connectivity index (χ4v) is 1.44. The lowest BCUT2D eigenvalue weighted by atomic mass is 10.6. The molecule has 0 radical (unpaired) electrons. The van der Waals surface area contributed by atoms with Crippen LogP contribution in [0.4, 0.5) is 0 Å². The second kappa shape index (κ2) is 4.06. The Morgan fingerprint density at radius 1 is 1.83 bits per heavy atom. The molecular formula is C7H12N4S. The highest BCUT2D eigenvalue weighted by Gasteiger charge is 1.97. The Hall–Kier alpha value is -1.10. The third-order valence-electron chi connectivity index (χ3n) is 1.33. The van der Waals surface area contributed by atoms with Crippen molar-refractivity contribution >= 4 is 17.3 Å². The highest BCUT2D eigenvalue weighted by atomic mass is 32.1. The van der Waals surface area contributed by atoms with Gasteiger partial charge in [0.05, 0.1) is 6.54 Å². The van der Waals surface area contributed by atoms with Crippen LogP contribution in [-0.2, 0) is 6.54 Å². The van der Waals surface area contributed by atoms with Crippen LogP contribution in [0.3, 0.4) is 0 Å². The van der Waals surface area contributed by atoms with Crippen LogP contribution in [0.15, 0.2) is 10.4 Å². The molecule has 1 heterocycles. The van der Waals surface area contributed by atoms with Crippen molar-refractivity contribution in [2.45, 2.75) is 13.5 Å². The van der Waals surface area contributed by atoms with E-state index in [1.54, 1.807) is 18.4 Å². The number of hydrogen-bond donors (Lipinski definition) is 2. The number of rotatable bonds is 2. The smallest absolute Gasteiger partial charge is 0.188 e. The van der Waals surface area contributed by atoms with E-state index in [2.05, 4.69) is 15.3 Å². The molecular weight excluding hydrogens is 172 g/mol. The molecule has 0 amide bonds. The Bertz CT molecular complexity index is 279. The molecule has 4 nitrogen and oxygen atoms in total. The molecule has 1 aromatic rings. The Labute approximate surface area is 75.5 Å². The summed E-state index contributed by atoms with van der Waals surface area (Å²) in [5.74, 6) is 0.447. The van der Waals surface area contributed by atoms with Gasteiger partial charge in [-0.25, -0.2) is 4.98 Å². The minimum absolute atomic E-state index is 0.447. The Balaban J connectivity index is 2.43. The van der Waals surface area contributed by atoms with Gasteiger partial charge in [-0.2, -0.15) is 0 Å². The summed E-state index contributed by atoms with van der Waals surface area (Å²) in [6.45, 7) is 2.62. The van der Waals surface area contributed by atoms with Gasteiger partial charge in [-0.15, -0.1) is 11.3 Å². The average molecular weight is 184 g/mol. The molecule has 0 bridgehead atoms. The van der Waals surface area contributed by atoms with Gasteiger partial charge in [0.2, 0.25) is 0 Å². The maximum Gasteiger partial charge on any atom is 0.188 e. The first-order valence-corrected chi connectivity index (χ1v) is 4.47. The topological polar surface area (TPSA) is 63.3 Å². The summed E-state index contributed by atoms with van der Waals surface area (Å²) in [7, 11) is 1.65. The van der Waals surface area contributed by atoms with E-state index >= 15 is 0 Å². The normalized spacial score (nSPS) is 11.7. The number of aryl methyl sites for hydroxylation is 1. The molecule has 0 saturated heterocycles. The Morgan fingerprint density at radius 3 is 3.08 bits per heavy atom. The molecule has 0 aliphatic carbocycles. The fourth-order valence-electron chi connectivity index (χ4n) is 0.729. The number of guanidine groups is 1. The predicted octanol–water partition coefficient (Wildman–Crippen LogP) is 0.486. The molecule has 5 heteroatoms. The van der Waals surface area contributed by atoms with E-state index in [0.29, 0.717) is 12.5 Å². The van der Waals surface area contributed by atoms with Gasteiger partial charge < -0.3 is 11.1 Å². The number of nitrogens with two attached hydrogens (primary N) is 1. The second-order valence-electron chi connectivity index (χ2n) is 2.35. The first-order valence-electron chi connectivity index (χ1n) is 3.59. The van der Waals surface area contributed by atoms with E-state index in [-0.39, 0.29) is 0 Å². The van der Waals surface area contributed by atoms with E-state index < -0.39 is 0 Å². The van der Waals surface area contributed by atoms with Crippen molar-refractivity contribution in [1.82, 2.24) is 10.3 Å². The molecule has 66 valence electrons. The fraction of sp³-hybridized carbons (Fsp3) is 0.429. The van der Waals surface area contributed by atoms with Crippen molar-refractivity contribution in [2.24, 2.45) is 10.7 Å².